The minimum Gasteiger partial charge on any atom is -0.481 e. The molecule has 0 fully saturated rings. The first kappa shape index (κ1) is 14.2. The van der Waals surface area contributed by atoms with Crippen LogP contribution in [0.25, 0.3) is 0 Å². The number of aliphatic carboxylic acids is 1. The molecule has 0 aliphatic rings. The zero-order valence-corrected chi connectivity index (χ0v) is 10.7. The summed E-state index contributed by atoms with van der Waals surface area (Å²) in [4.78, 5) is 22.0. The number of carboxylic acid groups (broad SMARTS) is 1. The predicted molar refractivity (Wildman–Crippen MR) is 66.5 cm³/mol. The molecule has 6 nitrogen and oxygen atoms in total. The van der Waals surface area contributed by atoms with Crippen LogP contribution in [-0.2, 0) is 4.79 Å². The van der Waals surface area contributed by atoms with E-state index in [4.69, 9.17) is 5.11 Å². The second-order valence-electron chi connectivity index (χ2n) is 4.47. The first-order valence-electron chi connectivity index (χ1n) is 6.06. The summed E-state index contributed by atoms with van der Waals surface area (Å²) in [6, 6.07) is 1.73. The molecule has 18 heavy (non-hydrogen) atoms. The van der Waals surface area contributed by atoms with Crippen molar-refractivity contribution < 1.29 is 14.7 Å². The van der Waals surface area contributed by atoms with Crippen LogP contribution in [0.5, 0.6) is 0 Å². The maximum absolute atomic E-state index is 11.7. The molecule has 1 aromatic heterocycles. The first-order valence-corrected chi connectivity index (χ1v) is 6.06. The fraction of sp³-hybridized carbons (Fsp3) is 0.583. The molecule has 0 atom stereocenters. The zero-order chi connectivity index (χ0) is 13.5. The summed E-state index contributed by atoms with van der Waals surface area (Å²) in [5, 5.41) is 17.9. The van der Waals surface area contributed by atoms with Gasteiger partial charge < -0.3 is 10.4 Å². The van der Waals surface area contributed by atoms with Crippen molar-refractivity contribution in [2.75, 3.05) is 6.54 Å². The molecule has 0 aliphatic carbocycles. The SMILES string of the molecule is CC(C)c1cc(C(=O)NCCCCC(=O)O)n[nH]1. The van der Waals surface area contributed by atoms with E-state index in [1.54, 1.807) is 6.07 Å². The molecule has 1 heterocycles. The zero-order valence-electron chi connectivity index (χ0n) is 10.7. The molecule has 0 spiro atoms. The molecule has 0 aliphatic heterocycles. The minimum atomic E-state index is -0.810. The molecule has 3 N–H and O–H groups in total. The highest BCUT2D eigenvalue weighted by molar-refractivity contribution is 5.92. The molecule has 1 rings (SSSR count). The van der Waals surface area contributed by atoms with Gasteiger partial charge in [0.15, 0.2) is 0 Å². The van der Waals surface area contributed by atoms with Crippen molar-refractivity contribution in [2.45, 2.75) is 39.0 Å². The van der Waals surface area contributed by atoms with E-state index in [1.165, 1.54) is 0 Å². The number of carbonyl (C=O) groups excluding carboxylic acids is 1. The van der Waals surface area contributed by atoms with Crippen LogP contribution in [0.4, 0.5) is 0 Å². The van der Waals surface area contributed by atoms with Gasteiger partial charge in [-0.25, -0.2) is 0 Å². The summed E-state index contributed by atoms with van der Waals surface area (Å²) >= 11 is 0. The van der Waals surface area contributed by atoms with Crippen molar-refractivity contribution >= 4 is 11.9 Å². The maximum Gasteiger partial charge on any atom is 0.303 e. The Kier molecular flexibility index (Phi) is 5.35. The molecule has 0 aromatic carbocycles. The third-order valence-corrected chi connectivity index (χ3v) is 2.56. The van der Waals surface area contributed by atoms with E-state index >= 15 is 0 Å². The van der Waals surface area contributed by atoms with Crippen LogP contribution in [0, 0.1) is 0 Å². The smallest absolute Gasteiger partial charge is 0.303 e. The minimum absolute atomic E-state index is 0.135. The lowest BCUT2D eigenvalue weighted by atomic mass is 10.1. The lowest BCUT2D eigenvalue weighted by Gasteiger charge is -2.01. The van der Waals surface area contributed by atoms with Crippen molar-refractivity contribution in [3.05, 3.63) is 17.5 Å². The fourth-order valence-electron chi connectivity index (χ4n) is 1.44. The van der Waals surface area contributed by atoms with Gasteiger partial charge in [0.05, 0.1) is 0 Å². The highest BCUT2D eigenvalue weighted by atomic mass is 16.4. The van der Waals surface area contributed by atoms with Gasteiger partial charge >= 0.3 is 5.97 Å². The number of aromatic nitrogens is 2. The van der Waals surface area contributed by atoms with Gasteiger partial charge in [-0.15, -0.1) is 0 Å². The van der Waals surface area contributed by atoms with Gasteiger partial charge in [0.2, 0.25) is 0 Å². The molecule has 6 heteroatoms. The number of carbonyl (C=O) groups is 2. The van der Waals surface area contributed by atoms with Crippen LogP contribution in [0.3, 0.4) is 0 Å². The normalized spacial score (nSPS) is 10.6. The largest absolute Gasteiger partial charge is 0.481 e. The second-order valence-corrected chi connectivity index (χ2v) is 4.47. The Labute approximate surface area is 106 Å². The summed E-state index contributed by atoms with van der Waals surface area (Å²) in [6.07, 6.45) is 1.35. The topological polar surface area (TPSA) is 95.1 Å². The Bertz CT molecular complexity index is 412. The summed E-state index contributed by atoms with van der Waals surface area (Å²) < 4.78 is 0. The molecule has 0 saturated heterocycles. The number of H-pyrrole nitrogens is 1. The molecule has 0 radical (unpaired) electrons. The number of hydrogen-bond acceptors (Lipinski definition) is 3. The highest BCUT2D eigenvalue weighted by Gasteiger charge is 2.11. The van der Waals surface area contributed by atoms with Crippen molar-refractivity contribution in [1.29, 1.82) is 0 Å². The van der Waals surface area contributed by atoms with Gasteiger partial charge in [0.25, 0.3) is 5.91 Å². The third-order valence-electron chi connectivity index (χ3n) is 2.56. The monoisotopic (exact) mass is 253 g/mol. The highest BCUT2D eigenvalue weighted by Crippen LogP contribution is 2.11. The molecule has 0 unspecified atom stereocenters. The van der Waals surface area contributed by atoms with E-state index in [1.807, 2.05) is 13.8 Å². The van der Waals surface area contributed by atoms with E-state index in [-0.39, 0.29) is 12.3 Å². The number of amides is 1. The standard InChI is InChI=1S/C12H19N3O3/c1-8(2)9-7-10(15-14-9)12(18)13-6-4-3-5-11(16)17/h7-8H,3-6H2,1-2H3,(H,13,18)(H,14,15)(H,16,17). The van der Waals surface area contributed by atoms with Crippen LogP contribution in [0.1, 0.15) is 55.2 Å². The first-order chi connectivity index (χ1) is 8.50. The molecule has 1 aromatic rings. The van der Waals surface area contributed by atoms with Gasteiger partial charge in [-0.3, -0.25) is 14.7 Å². The quantitative estimate of drug-likeness (QED) is 0.642. The number of nitrogens with one attached hydrogen (secondary N) is 2. The van der Waals surface area contributed by atoms with E-state index in [0.717, 1.165) is 5.69 Å². The number of aromatic amines is 1. The summed E-state index contributed by atoms with van der Waals surface area (Å²) in [5.74, 6) is -0.738. The average molecular weight is 253 g/mol. The third kappa shape index (κ3) is 4.57. The summed E-state index contributed by atoms with van der Waals surface area (Å²) in [5.41, 5.74) is 1.29. The number of carboxylic acids is 1. The lowest BCUT2D eigenvalue weighted by molar-refractivity contribution is -0.137. The van der Waals surface area contributed by atoms with Gasteiger partial charge in [0.1, 0.15) is 5.69 Å². The Balaban J connectivity index is 2.29. The summed E-state index contributed by atoms with van der Waals surface area (Å²) in [6.45, 7) is 4.50. The average Bonchev–Trinajstić information content (AvgIpc) is 2.77. The van der Waals surface area contributed by atoms with Gasteiger partial charge in [0, 0.05) is 18.7 Å². The van der Waals surface area contributed by atoms with Crippen LogP contribution in [0.2, 0.25) is 0 Å². The number of unbranched alkanes of at least 4 members (excludes halogenated alkanes) is 1. The van der Waals surface area contributed by atoms with Crippen LogP contribution in [0.15, 0.2) is 6.07 Å². The number of nitrogens with zero attached hydrogens (tertiary/aromatic N) is 1. The van der Waals surface area contributed by atoms with Crippen molar-refractivity contribution in [2.24, 2.45) is 0 Å². The number of rotatable bonds is 7. The van der Waals surface area contributed by atoms with Crippen molar-refractivity contribution in [3.8, 4) is 0 Å². The van der Waals surface area contributed by atoms with E-state index in [2.05, 4.69) is 15.5 Å². The van der Waals surface area contributed by atoms with E-state index in [0.29, 0.717) is 31.0 Å². The second kappa shape index (κ2) is 6.78. The van der Waals surface area contributed by atoms with Crippen LogP contribution in [-0.4, -0.2) is 33.7 Å². The molecule has 100 valence electrons. The van der Waals surface area contributed by atoms with Crippen molar-refractivity contribution in [1.82, 2.24) is 15.5 Å². The Morgan fingerprint density at radius 2 is 2.17 bits per heavy atom. The van der Waals surface area contributed by atoms with Crippen LogP contribution < -0.4 is 5.32 Å². The van der Waals surface area contributed by atoms with E-state index in [9.17, 15) is 9.59 Å². The van der Waals surface area contributed by atoms with Gasteiger partial charge in [-0.05, 0) is 24.8 Å². The number of hydrogen-bond donors (Lipinski definition) is 3. The summed E-state index contributed by atoms with van der Waals surface area (Å²) in [7, 11) is 0. The van der Waals surface area contributed by atoms with Crippen LogP contribution >= 0.6 is 0 Å². The Morgan fingerprint density at radius 1 is 1.44 bits per heavy atom. The Hall–Kier alpha value is -1.85. The van der Waals surface area contributed by atoms with Gasteiger partial charge in [-0.2, -0.15) is 5.10 Å². The van der Waals surface area contributed by atoms with E-state index < -0.39 is 5.97 Å². The predicted octanol–water partition coefficient (Wildman–Crippen LogP) is 1.52. The molecule has 0 saturated carbocycles. The molecular formula is C12H19N3O3. The Morgan fingerprint density at radius 3 is 2.72 bits per heavy atom. The molecular weight excluding hydrogens is 234 g/mol. The maximum atomic E-state index is 11.7. The molecule has 0 bridgehead atoms. The fourth-order valence-corrected chi connectivity index (χ4v) is 1.44. The van der Waals surface area contributed by atoms with Crippen molar-refractivity contribution in [3.63, 3.8) is 0 Å². The lowest BCUT2D eigenvalue weighted by Crippen LogP contribution is -2.24. The van der Waals surface area contributed by atoms with Gasteiger partial charge in [-0.1, -0.05) is 13.8 Å². The molecule has 1 amide bonds.